The van der Waals surface area contributed by atoms with Gasteiger partial charge in [0.25, 0.3) is 0 Å². The zero-order chi connectivity index (χ0) is 19.4. The van der Waals surface area contributed by atoms with Crippen molar-refractivity contribution in [1.82, 2.24) is 29.6 Å². The molecule has 1 aromatic carbocycles. The lowest BCUT2D eigenvalue weighted by atomic mass is 9.85. The van der Waals surface area contributed by atoms with Crippen molar-refractivity contribution >= 4 is 17.4 Å². The van der Waals surface area contributed by atoms with E-state index in [2.05, 4.69) is 25.7 Å². The van der Waals surface area contributed by atoms with Crippen LogP contribution in [-0.2, 0) is 4.79 Å². The molecule has 1 amide bonds. The van der Waals surface area contributed by atoms with Crippen LogP contribution in [-0.4, -0.2) is 35.5 Å². The number of rotatable bonds is 2. The number of anilines is 1. The number of hydrogen-bond acceptors (Lipinski definition) is 5. The van der Waals surface area contributed by atoms with Gasteiger partial charge in [-0.2, -0.15) is 14.3 Å². The van der Waals surface area contributed by atoms with Crippen molar-refractivity contribution < 1.29 is 9.18 Å². The van der Waals surface area contributed by atoms with Crippen LogP contribution in [0.25, 0.3) is 11.5 Å². The van der Waals surface area contributed by atoms with E-state index < -0.39 is 5.92 Å². The Hall–Kier alpha value is -3.62. The van der Waals surface area contributed by atoms with Crippen molar-refractivity contribution in [1.29, 1.82) is 0 Å². The Labute approximate surface area is 159 Å². The highest BCUT2D eigenvalue weighted by Crippen LogP contribution is 2.40. The van der Waals surface area contributed by atoms with Crippen LogP contribution in [0.4, 0.5) is 10.2 Å². The first-order valence-corrected chi connectivity index (χ1v) is 8.86. The van der Waals surface area contributed by atoms with E-state index in [4.69, 9.17) is 0 Å². The molecule has 0 saturated carbocycles. The fourth-order valence-electron chi connectivity index (χ4n) is 3.74. The minimum absolute atomic E-state index is 0.164. The summed E-state index contributed by atoms with van der Waals surface area (Å²) < 4.78 is 17.6. The van der Waals surface area contributed by atoms with Gasteiger partial charge in [0.1, 0.15) is 11.6 Å². The van der Waals surface area contributed by atoms with Gasteiger partial charge in [-0.25, -0.2) is 4.39 Å². The lowest BCUT2D eigenvalue weighted by Crippen LogP contribution is -2.25. The molecule has 9 heteroatoms. The third-order valence-corrected chi connectivity index (χ3v) is 5.00. The molecular formula is C19H16FN7O. The molecule has 4 heterocycles. The monoisotopic (exact) mass is 377 g/mol. The van der Waals surface area contributed by atoms with Crippen molar-refractivity contribution in [3.8, 4) is 5.82 Å². The predicted molar refractivity (Wildman–Crippen MR) is 98.9 cm³/mol. The van der Waals surface area contributed by atoms with Crippen molar-refractivity contribution in [2.24, 2.45) is 0 Å². The molecule has 5 rings (SSSR count). The number of amides is 1. The maximum absolute atomic E-state index is 14.5. The highest BCUT2D eigenvalue weighted by atomic mass is 19.1. The standard InChI is InChI=1S/C19H16FN7O/c1-10-18-13(12-5-3-4-6-14(12)20)9-17(28)21-19(18)27(24-10)16-8-7-15-23-22-11(2)26(15)25-16/h3-8,13H,9H2,1-2H3,(H,21,28)/t13-/m1/s1. The van der Waals surface area contributed by atoms with Crippen LogP contribution >= 0.6 is 0 Å². The van der Waals surface area contributed by atoms with Gasteiger partial charge < -0.3 is 5.32 Å². The first kappa shape index (κ1) is 16.5. The summed E-state index contributed by atoms with van der Waals surface area (Å²) in [6, 6.07) is 10.1. The smallest absolute Gasteiger partial charge is 0.226 e. The van der Waals surface area contributed by atoms with Crippen LogP contribution in [0.2, 0.25) is 0 Å². The van der Waals surface area contributed by atoms with E-state index in [1.54, 1.807) is 46.5 Å². The number of hydrogen-bond donors (Lipinski definition) is 1. The lowest BCUT2D eigenvalue weighted by Gasteiger charge is -2.24. The Balaban J connectivity index is 1.70. The van der Waals surface area contributed by atoms with Crippen molar-refractivity contribution in [2.75, 3.05) is 5.32 Å². The topological polar surface area (TPSA) is 90.0 Å². The maximum atomic E-state index is 14.5. The molecule has 0 radical (unpaired) electrons. The van der Waals surface area contributed by atoms with Crippen molar-refractivity contribution in [3.05, 3.63) is 64.9 Å². The third kappa shape index (κ3) is 2.39. The van der Waals surface area contributed by atoms with E-state index in [0.29, 0.717) is 34.4 Å². The number of nitrogens with one attached hydrogen (secondary N) is 1. The molecule has 0 saturated heterocycles. The molecule has 0 unspecified atom stereocenters. The Morgan fingerprint density at radius 1 is 1.11 bits per heavy atom. The number of halogens is 1. The van der Waals surface area contributed by atoms with Crippen LogP contribution in [0, 0.1) is 19.7 Å². The van der Waals surface area contributed by atoms with Gasteiger partial charge >= 0.3 is 0 Å². The van der Waals surface area contributed by atoms with Gasteiger partial charge in [-0.3, -0.25) is 4.79 Å². The Morgan fingerprint density at radius 3 is 2.75 bits per heavy atom. The fourth-order valence-corrected chi connectivity index (χ4v) is 3.74. The molecule has 3 aromatic heterocycles. The third-order valence-electron chi connectivity index (χ3n) is 5.00. The van der Waals surface area contributed by atoms with E-state index in [1.807, 2.05) is 6.92 Å². The zero-order valence-corrected chi connectivity index (χ0v) is 15.2. The number of carbonyl (C=O) groups is 1. The number of aromatic nitrogens is 6. The minimum Gasteiger partial charge on any atom is -0.310 e. The molecular weight excluding hydrogens is 361 g/mol. The molecule has 1 atom stereocenters. The molecule has 0 fully saturated rings. The second-order valence-electron chi connectivity index (χ2n) is 6.79. The Kier molecular flexibility index (Phi) is 3.51. The van der Waals surface area contributed by atoms with Crippen LogP contribution in [0.3, 0.4) is 0 Å². The number of nitrogens with zero attached hydrogens (tertiary/aromatic N) is 6. The quantitative estimate of drug-likeness (QED) is 0.580. The highest BCUT2D eigenvalue weighted by Gasteiger charge is 2.34. The van der Waals surface area contributed by atoms with Crippen molar-refractivity contribution in [2.45, 2.75) is 26.2 Å². The summed E-state index contributed by atoms with van der Waals surface area (Å²) in [6.07, 6.45) is 0.164. The minimum atomic E-state index is -0.404. The molecule has 0 bridgehead atoms. The van der Waals surface area contributed by atoms with Crippen LogP contribution in [0.15, 0.2) is 36.4 Å². The van der Waals surface area contributed by atoms with Crippen LogP contribution in [0.5, 0.6) is 0 Å². The normalized spacial score (nSPS) is 16.2. The van der Waals surface area contributed by atoms with E-state index >= 15 is 0 Å². The number of fused-ring (bicyclic) bond motifs is 2. The molecule has 1 aliphatic heterocycles. The second-order valence-corrected chi connectivity index (χ2v) is 6.79. The van der Waals surface area contributed by atoms with Crippen LogP contribution in [0.1, 0.15) is 35.0 Å². The number of benzene rings is 1. The van der Waals surface area contributed by atoms with Gasteiger partial charge in [0.2, 0.25) is 5.91 Å². The Bertz CT molecular complexity index is 1240. The molecule has 28 heavy (non-hydrogen) atoms. The maximum Gasteiger partial charge on any atom is 0.226 e. The molecule has 8 nitrogen and oxygen atoms in total. The first-order valence-electron chi connectivity index (χ1n) is 8.86. The lowest BCUT2D eigenvalue weighted by molar-refractivity contribution is -0.116. The average Bonchev–Trinajstić information content (AvgIpc) is 3.21. The molecule has 0 aliphatic carbocycles. The average molecular weight is 377 g/mol. The van der Waals surface area contributed by atoms with Gasteiger partial charge in [-0.05, 0) is 37.6 Å². The molecule has 0 spiro atoms. The molecule has 4 aromatic rings. The first-order chi connectivity index (χ1) is 13.5. The summed E-state index contributed by atoms with van der Waals surface area (Å²) in [7, 11) is 0. The van der Waals surface area contributed by atoms with Gasteiger partial charge in [-0.15, -0.1) is 15.3 Å². The molecule has 1 N–H and O–H groups in total. The predicted octanol–water partition coefficient (Wildman–Crippen LogP) is 2.54. The van der Waals surface area contributed by atoms with Gasteiger partial charge in [0.15, 0.2) is 17.3 Å². The largest absolute Gasteiger partial charge is 0.310 e. The summed E-state index contributed by atoms with van der Waals surface area (Å²) in [4.78, 5) is 12.4. The Morgan fingerprint density at radius 2 is 1.93 bits per heavy atom. The van der Waals surface area contributed by atoms with Gasteiger partial charge in [-0.1, -0.05) is 18.2 Å². The summed E-state index contributed by atoms with van der Waals surface area (Å²) in [5, 5.41) is 20.0. The fraction of sp³-hybridized carbons (Fsp3) is 0.211. The number of aryl methyl sites for hydroxylation is 2. The molecule has 140 valence electrons. The highest BCUT2D eigenvalue weighted by molar-refractivity contribution is 5.95. The summed E-state index contributed by atoms with van der Waals surface area (Å²) in [5.74, 6) is 0.735. The van der Waals surface area contributed by atoms with Gasteiger partial charge in [0.05, 0.1) is 5.69 Å². The van der Waals surface area contributed by atoms with E-state index in [1.165, 1.54) is 6.07 Å². The summed E-state index contributed by atoms with van der Waals surface area (Å²) in [6.45, 7) is 3.65. The van der Waals surface area contributed by atoms with Crippen molar-refractivity contribution in [3.63, 3.8) is 0 Å². The van der Waals surface area contributed by atoms with Gasteiger partial charge in [0, 0.05) is 17.9 Å². The zero-order valence-electron chi connectivity index (χ0n) is 15.2. The van der Waals surface area contributed by atoms with Crippen LogP contribution < -0.4 is 5.32 Å². The number of carbonyl (C=O) groups excluding carboxylic acids is 1. The molecule has 1 aliphatic rings. The second kappa shape index (κ2) is 5.95. The van der Waals surface area contributed by atoms with E-state index in [-0.39, 0.29) is 18.1 Å². The SMILES string of the molecule is Cc1nn(-c2ccc3nnc(C)n3n2)c2c1[C@@H](c1ccccc1F)CC(=O)N2. The summed E-state index contributed by atoms with van der Waals surface area (Å²) in [5.41, 5.74) is 2.62. The van der Waals surface area contributed by atoms with E-state index in [0.717, 1.165) is 5.56 Å². The van der Waals surface area contributed by atoms with E-state index in [9.17, 15) is 9.18 Å². The summed E-state index contributed by atoms with van der Waals surface area (Å²) >= 11 is 0.